The zero-order valence-corrected chi connectivity index (χ0v) is 22.3. The maximum atomic E-state index is 11.1. The summed E-state index contributed by atoms with van der Waals surface area (Å²) in [5, 5.41) is 23.9. The third kappa shape index (κ3) is 3.86. The Labute approximate surface area is 220 Å². The number of ether oxygens (including phenoxy) is 2. The van der Waals surface area contributed by atoms with Gasteiger partial charge < -0.3 is 23.7 Å². The molecule has 198 valence electrons. The van der Waals surface area contributed by atoms with Crippen molar-refractivity contribution in [2.75, 3.05) is 20.3 Å². The minimum absolute atomic E-state index is 0.140. The van der Waals surface area contributed by atoms with Gasteiger partial charge in [0.1, 0.15) is 28.1 Å². The Morgan fingerprint density at radius 1 is 1.18 bits per heavy atom. The standard InChI is InChI=1S/C28H32N6O4/c1-16-23(33(4)32-30-16)18-14-20-22(29-15-18)26-25(27(31-38-26)28(2,3)35)34(20)24(17-10-12-37-13-11-17)19-8-6-7-9-21(19)36-5/h6-9,14-15,17,24,35H,10-13H2,1-5H3. The summed E-state index contributed by atoms with van der Waals surface area (Å²) in [7, 11) is 3.57. The molecule has 0 amide bonds. The summed E-state index contributed by atoms with van der Waals surface area (Å²) in [4.78, 5) is 4.87. The van der Waals surface area contributed by atoms with E-state index in [9.17, 15) is 5.11 Å². The molecule has 0 saturated carbocycles. The van der Waals surface area contributed by atoms with Crippen molar-refractivity contribution >= 4 is 22.1 Å². The number of aromatic nitrogens is 6. The van der Waals surface area contributed by atoms with Crippen LogP contribution in [0.2, 0.25) is 0 Å². The molecular weight excluding hydrogens is 484 g/mol. The maximum absolute atomic E-state index is 11.1. The Balaban J connectivity index is 1.72. The third-order valence-corrected chi connectivity index (χ3v) is 7.55. The Hall–Kier alpha value is -3.76. The molecule has 1 N–H and O–H groups in total. The molecule has 0 spiro atoms. The number of benzene rings is 1. The normalized spacial score (nSPS) is 15.9. The first kappa shape index (κ1) is 24.6. The first-order valence-corrected chi connectivity index (χ1v) is 12.9. The van der Waals surface area contributed by atoms with Crippen LogP contribution < -0.4 is 4.74 Å². The van der Waals surface area contributed by atoms with Crippen molar-refractivity contribution in [1.82, 2.24) is 29.7 Å². The van der Waals surface area contributed by atoms with Gasteiger partial charge in [-0.25, -0.2) is 9.67 Å². The lowest BCUT2D eigenvalue weighted by molar-refractivity contribution is 0.0544. The van der Waals surface area contributed by atoms with E-state index < -0.39 is 5.60 Å². The smallest absolute Gasteiger partial charge is 0.211 e. The van der Waals surface area contributed by atoms with E-state index in [1.54, 1.807) is 25.6 Å². The van der Waals surface area contributed by atoms with Crippen molar-refractivity contribution < 1.29 is 19.1 Å². The van der Waals surface area contributed by atoms with E-state index in [0.29, 0.717) is 30.0 Å². The zero-order chi connectivity index (χ0) is 26.6. The van der Waals surface area contributed by atoms with Crippen molar-refractivity contribution in [3.63, 3.8) is 0 Å². The van der Waals surface area contributed by atoms with Crippen molar-refractivity contribution in [3.05, 3.63) is 53.5 Å². The largest absolute Gasteiger partial charge is 0.496 e. The van der Waals surface area contributed by atoms with Gasteiger partial charge in [0, 0.05) is 37.6 Å². The van der Waals surface area contributed by atoms with Crippen LogP contribution in [0.3, 0.4) is 0 Å². The highest BCUT2D eigenvalue weighted by Crippen LogP contribution is 2.45. The Morgan fingerprint density at radius 3 is 2.63 bits per heavy atom. The van der Waals surface area contributed by atoms with Crippen LogP contribution in [0.1, 0.15) is 49.7 Å². The molecule has 0 radical (unpaired) electrons. The average molecular weight is 517 g/mol. The molecule has 10 heteroatoms. The Kier molecular flexibility index (Phi) is 5.96. The number of aliphatic hydroxyl groups is 1. The minimum atomic E-state index is -1.23. The second kappa shape index (κ2) is 9.21. The fourth-order valence-corrected chi connectivity index (χ4v) is 5.82. The van der Waals surface area contributed by atoms with Crippen LogP contribution >= 0.6 is 0 Å². The Morgan fingerprint density at radius 2 is 1.95 bits per heavy atom. The summed E-state index contributed by atoms with van der Waals surface area (Å²) in [6.45, 7) is 6.76. The number of pyridine rings is 1. The van der Waals surface area contributed by atoms with Gasteiger partial charge in [-0.2, -0.15) is 0 Å². The second-order valence-electron chi connectivity index (χ2n) is 10.5. The maximum Gasteiger partial charge on any atom is 0.211 e. The molecular formula is C28H32N6O4. The van der Waals surface area contributed by atoms with Crippen molar-refractivity contribution in [2.45, 2.75) is 45.3 Å². The summed E-state index contributed by atoms with van der Waals surface area (Å²) in [6, 6.07) is 10.1. The third-order valence-electron chi connectivity index (χ3n) is 7.55. The Bertz CT molecular complexity index is 1600. The summed E-state index contributed by atoms with van der Waals surface area (Å²) >= 11 is 0. The van der Waals surface area contributed by atoms with Crippen molar-refractivity contribution in [1.29, 1.82) is 0 Å². The molecule has 6 rings (SSSR count). The van der Waals surface area contributed by atoms with Gasteiger partial charge in [0.2, 0.25) is 5.58 Å². The zero-order valence-electron chi connectivity index (χ0n) is 22.3. The van der Waals surface area contributed by atoms with E-state index in [2.05, 4.69) is 32.2 Å². The van der Waals surface area contributed by atoms with Gasteiger partial charge in [-0.3, -0.25) is 0 Å². The highest BCUT2D eigenvalue weighted by molar-refractivity contribution is 6.04. The van der Waals surface area contributed by atoms with Crippen LogP contribution in [0.25, 0.3) is 33.4 Å². The molecule has 1 aliphatic rings. The first-order valence-electron chi connectivity index (χ1n) is 12.9. The summed E-state index contributed by atoms with van der Waals surface area (Å²) in [6.07, 6.45) is 3.58. The van der Waals surface area contributed by atoms with Crippen LogP contribution in [0.4, 0.5) is 0 Å². The van der Waals surface area contributed by atoms with E-state index in [4.69, 9.17) is 19.0 Å². The lowest BCUT2D eigenvalue weighted by atomic mass is 9.86. The topological polar surface area (TPSA) is 113 Å². The van der Waals surface area contributed by atoms with E-state index in [1.807, 2.05) is 38.4 Å². The summed E-state index contributed by atoms with van der Waals surface area (Å²) in [5.41, 5.74) is 5.75. The molecule has 10 nitrogen and oxygen atoms in total. The predicted octanol–water partition coefficient (Wildman–Crippen LogP) is 4.53. The molecule has 0 bridgehead atoms. The molecule has 0 aliphatic carbocycles. The van der Waals surface area contributed by atoms with Crippen LogP contribution in [-0.4, -0.2) is 55.1 Å². The number of hydrogen-bond acceptors (Lipinski definition) is 8. The molecule has 1 fully saturated rings. The van der Waals surface area contributed by atoms with Crippen molar-refractivity contribution in [3.8, 4) is 17.0 Å². The fourth-order valence-electron chi connectivity index (χ4n) is 5.82. The summed E-state index contributed by atoms with van der Waals surface area (Å²) in [5.74, 6) is 1.04. The van der Waals surface area contributed by atoms with E-state index in [-0.39, 0.29) is 12.0 Å². The van der Waals surface area contributed by atoms with Gasteiger partial charge in [-0.1, -0.05) is 28.6 Å². The van der Waals surface area contributed by atoms with E-state index in [1.165, 1.54) is 0 Å². The van der Waals surface area contributed by atoms with Gasteiger partial charge in [0.15, 0.2) is 0 Å². The van der Waals surface area contributed by atoms with E-state index in [0.717, 1.165) is 52.1 Å². The minimum Gasteiger partial charge on any atom is -0.496 e. The molecule has 5 heterocycles. The monoisotopic (exact) mass is 516 g/mol. The molecule has 1 aromatic carbocycles. The highest BCUT2D eigenvalue weighted by atomic mass is 16.5. The predicted molar refractivity (Wildman–Crippen MR) is 142 cm³/mol. The fraction of sp³-hybridized carbons (Fsp3) is 0.429. The number of fused-ring (bicyclic) bond motifs is 3. The van der Waals surface area contributed by atoms with Gasteiger partial charge in [-0.05, 0) is 51.7 Å². The number of para-hydroxylation sites is 1. The van der Waals surface area contributed by atoms with Crippen LogP contribution in [0, 0.1) is 12.8 Å². The number of nitrogens with zero attached hydrogens (tertiary/aromatic N) is 6. The summed E-state index contributed by atoms with van der Waals surface area (Å²) < 4.78 is 21.5. The van der Waals surface area contributed by atoms with Crippen molar-refractivity contribution in [2.24, 2.45) is 13.0 Å². The van der Waals surface area contributed by atoms with Crippen LogP contribution in [-0.2, 0) is 17.4 Å². The molecule has 1 atom stereocenters. The number of hydrogen-bond donors (Lipinski definition) is 1. The number of rotatable bonds is 6. The second-order valence-corrected chi connectivity index (χ2v) is 10.5. The lowest BCUT2D eigenvalue weighted by Gasteiger charge is -2.34. The highest BCUT2D eigenvalue weighted by Gasteiger charge is 2.36. The molecule has 1 aliphatic heterocycles. The lowest BCUT2D eigenvalue weighted by Crippen LogP contribution is -2.28. The molecule has 1 unspecified atom stereocenters. The quantitative estimate of drug-likeness (QED) is 0.350. The molecule has 1 saturated heterocycles. The number of aryl methyl sites for hydroxylation is 2. The number of methoxy groups -OCH3 is 1. The van der Waals surface area contributed by atoms with Crippen LogP contribution in [0.15, 0.2) is 41.1 Å². The molecule has 38 heavy (non-hydrogen) atoms. The average Bonchev–Trinajstić information content (AvgIpc) is 3.58. The van der Waals surface area contributed by atoms with Gasteiger partial charge in [0.05, 0.1) is 30.1 Å². The first-order chi connectivity index (χ1) is 18.3. The molecule has 4 aromatic heterocycles. The van der Waals surface area contributed by atoms with Gasteiger partial charge in [-0.15, -0.1) is 5.10 Å². The molecule has 5 aromatic rings. The SMILES string of the molecule is COc1ccccc1C(C1CCOCC1)n1c2cc(-c3c(C)nnn3C)cnc2c2onc(C(C)(C)O)c21. The van der Waals surface area contributed by atoms with E-state index >= 15 is 0 Å². The van der Waals surface area contributed by atoms with Gasteiger partial charge in [0.25, 0.3) is 0 Å². The van der Waals surface area contributed by atoms with Gasteiger partial charge >= 0.3 is 0 Å². The van der Waals surface area contributed by atoms with Crippen LogP contribution in [0.5, 0.6) is 5.75 Å².